The molecule has 2 amide bonds. The number of ether oxygens (including phenoxy) is 2. The van der Waals surface area contributed by atoms with Crippen LogP contribution in [0.4, 0.5) is 10.5 Å². The summed E-state index contributed by atoms with van der Waals surface area (Å²) in [5.74, 6) is 0.0353. The molecule has 9 nitrogen and oxygen atoms in total. The molecule has 12 heteroatoms. The number of carbonyl (C=O) groups is 1. The van der Waals surface area contributed by atoms with Gasteiger partial charge in [-0.15, -0.1) is 3.71 Å². The molecule has 0 saturated heterocycles. The minimum absolute atomic E-state index is 0.0806. The fourth-order valence-electron chi connectivity index (χ4n) is 4.07. The second-order valence-electron chi connectivity index (χ2n) is 8.12. The van der Waals surface area contributed by atoms with Gasteiger partial charge in [0.25, 0.3) is 20.0 Å². The Bertz CT molecular complexity index is 1540. The Kier molecular flexibility index (Phi) is 7.40. The number of benzene rings is 3. The van der Waals surface area contributed by atoms with Crippen LogP contribution in [0.25, 0.3) is 11.1 Å². The van der Waals surface area contributed by atoms with Crippen LogP contribution in [-0.4, -0.2) is 45.2 Å². The molecule has 1 N–H and O–H groups in total. The lowest BCUT2D eigenvalue weighted by molar-refractivity contribution is 0.242. The van der Waals surface area contributed by atoms with Gasteiger partial charge in [-0.25, -0.2) is 21.6 Å². The molecule has 1 aliphatic heterocycles. The first-order chi connectivity index (χ1) is 17.5. The van der Waals surface area contributed by atoms with E-state index in [4.69, 9.17) is 21.1 Å². The monoisotopic (exact) mass is 564 g/mol. The Balaban J connectivity index is 1.83. The number of carbonyl (C=O) groups excluding carboxylic acids is 1. The molecule has 3 aromatic carbocycles. The van der Waals surface area contributed by atoms with Gasteiger partial charge in [0.05, 0.1) is 24.2 Å². The van der Waals surface area contributed by atoms with Gasteiger partial charge in [-0.2, -0.15) is 0 Å². The van der Waals surface area contributed by atoms with Gasteiger partial charge < -0.3 is 14.8 Å². The quantitative estimate of drug-likeness (QED) is 0.427. The van der Waals surface area contributed by atoms with Crippen molar-refractivity contribution in [3.63, 3.8) is 0 Å². The maximum absolute atomic E-state index is 13.0. The summed E-state index contributed by atoms with van der Waals surface area (Å²) < 4.78 is 61.7. The molecule has 4 rings (SSSR count). The third-order valence-corrected chi connectivity index (χ3v) is 10.3. The van der Waals surface area contributed by atoms with Crippen molar-refractivity contribution in [2.45, 2.75) is 20.0 Å². The van der Waals surface area contributed by atoms with Crippen molar-refractivity contribution in [1.29, 1.82) is 0 Å². The third kappa shape index (κ3) is 5.11. The van der Waals surface area contributed by atoms with Crippen molar-refractivity contribution in [1.82, 2.24) is 3.71 Å². The van der Waals surface area contributed by atoms with E-state index in [0.29, 0.717) is 27.6 Å². The second kappa shape index (κ2) is 10.2. The molecule has 37 heavy (non-hydrogen) atoms. The second-order valence-corrected chi connectivity index (χ2v) is 13.0. The number of rotatable bonds is 7. The minimum atomic E-state index is -4.40. The summed E-state index contributed by atoms with van der Waals surface area (Å²) in [4.78, 5) is 13.0. The number of urea groups is 1. The van der Waals surface area contributed by atoms with Gasteiger partial charge in [0.1, 0.15) is 17.6 Å². The SMILES string of the molecule is CCS(=O)(=O)N(C(=O)Nc1ccc2c(c1)C(c1cccc(Cl)c1)Oc1cccc(OC)c1-2)S(=O)(=O)CC. The van der Waals surface area contributed by atoms with Gasteiger partial charge in [-0.3, -0.25) is 0 Å². The molecule has 0 spiro atoms. The van der Waals surface area contributed by atoms with Crippen molar-refractivity contribution in [2.24, 2.45) is 0 Å². The van der Waals surface area contributed by atoms with Crippen LogP contribution in [-0.2, 0) is 20.0 Å². The highest BCUT2D eigenvalue weighted by Gasteiger charge is 2.37. The summed E-state index contributed by atoms with van der Waals surface area (Å²) in [5, 5.41) is 2.93. The predicted molar refractivity (Wildman–Crippen MR) is 142 cm³/mol. The molecule has 3 aromatic rings. The van der Waals surface area contributed by atoms with E-state index in [9.17, 15) is 21.6 Å². The molecular formula is C25H25ClN2O7S2. The van der Waals surface area contributed by atoms with Gasteiger partial charge in [-0.1, -0.05) is 35.9 Å². The van der Waals surface area contributed by atoms with Crippen LogP contribution in [0.2, 0.25) is 5.02 Å². The summed E-state index contributed by atoms with van der Waals surface area (Å²) in [5.41, 5.74) is 3.04. The van der Waals surface area contributed by atoms with E-state index < -0.39 is 43.7 Å². The number of nitrogens with one attached hydrogen (secondary N) is 1. The van der Waals surface area contributed by atoms with Gasteiger partial charge in [0, 0.05) is 16.3 Å². The summed E-state index contributed by atoms with van der Waals surface area (Å²) in [6.07, 6.45) is -0.625. The fourth-order valence-corrected chi connectivity index (χ4v) is 7.35. The highest BCUT2D eigenvalue weighted by Crippen LogP contribution is 2.49. The molecule has 0 aromatic heterocycles. The van der Waals surface area contributed by atoms with E-state index in [1.54, 1.807) is 49.6 Å². The Morgan fingerprint density at radius 1 is 1.00 bits per heavy atom. The van der Waals surface area contributed by atoms with Crippen LogP contribution >= 0.6 is 11.6 Å². The maximum Gasteiger partial charge on any atom is 0.349 e. The molecule has 0 radical (unpaired) electrons. The van der Waals surface area contributed by atoms with Crippen molar-refractivity contribution in [2.75, 3.05) is 23.9 Å². The number of sulfonamides is 2. The first-order valence-electron chi connectivity index (χ1n) is 11.3. The Morgan fingerprint density at radius 2 is 1.68 bits per heavy atom. The van der Waals surface area contributed by atoms with E-state index in [-0.39, 0.29) is 9.40 Å². The van der Waals surface area contributed by atoms with Gasteiger partial charge in [0.2, 0.25) is 0 Å². The van der Waals surface area contributed by atoms with E-state index in [2.05, 4.69) is 5.32 Å². The zero-order chi connectivity index (χ0) is 27.0. The lowest BCUT2D eigenvalue weighted by atomic mass is 9.88. The average Bonchev–Trinajstić information content (AvgIpc) is 2.87. The van der Waals surface area contributed by atoms with Crippen LogP contribution in [0.3, 0.4) is 0 Å². The molecule has 196 valence electrons. The highest BCUT2D eigenvalue weighted by molar-refractivity contribution is 8.04. The molecule has 1 heterocycles. The van der Waals surface area contributed by atoms with Gasteiger partial charge >= 0.3 is 6.03 Å². The van der Waals surface area contributed by atoms with E-state index >= 15 is 0 Å². The Morgan fingerprint density at radius 3 is 2.30 bits per heavy atom. The predicted octanol–water partition coefficient (Wildman–Crippen LogP) is 5.03. The van der Waals surface area contributed by atoms with E-state index in [1.165, 1.54) is 13.8 Å². The molecule has 0 bridgehead atoms. The first kappa shape index (κ1) is 26.8. The van der Waals surface area contributed by atoms with Crippen LogP contribution in [0.5, 0.6) is 11.5 Å². The molecular weight excluding hydrogens is 540 g/mol. The fraction of sp³-hybridized carbons (Fsp3) is 0.240. The molecule has 0 saturated carbocycles. The third-order valence-electron chi connectivity index (χ3n) is 5.86. The van der Waals surface area contributed by atoms with Crippen LogP contribution in [0.15, 0.2) is 60.7 Å². The number of anilines is 1. The zero-order valence-corrected chi connectivity index (χ0v) is 22.7. The first-order valence-corrected chi connectivity index (χ1v) is 14.9. The highest BCUT2D eigenvalue weighted by atomic mass is 35.5. The number of nitrogens with zero attached hydrogens (tertiary/aromatic N) is 1. The lowest BCUT2D eigenvalue weighted by Gasteiger charge is -2.31. The van der Waals surface area contributed by atoms with Crippen LogP contribution in [0.1, 0.15) is 31.1 Å². The Labute approximate surface area is 221 Å². The van der Waals surface area contributed by atoms with Crippen molar-refractivity contribution in [3.8, 4) is 22.6 Å². The molecule has 1 unspecified atom stereocenters. The number of halogens is 1. The standard InChI is InChI=1S/C25H25ClN2O7S2/c1-4-36(30,31)28(37(32,33)5-2)25(29)27-18-12-13-19-20(15-18)24(16-8-6-9-17(26)14-16)35-22-11-7-10-21(34-3)23(19)22/h6-15,24H,4-5H2,1-3H3,(H,27,29). The zero-order valence-electron chi connectivity index (χ0n) is 20.3. The van der Waals surface area contributed by atoms with Crippen LogP contribution < -0.4 is 14.8 Å². The maximum atomic E-state index is 13.0. The van der Waals surface area contributed by atoms with Gasteiger partial charge in [0.15, 0.2) is 0 Å². The van der Waals surface area contributed by atoms with Crippen molar-refractivity contribution >= 4 is 43.4 Å². The normalized spacial score (nSPS) is 14.6. The minimum Gasteiger partial charge on any atom is -0.496 e. The Hall–Kier alpha value is -3.28. The van der Waals surface area contributed by atoms with Crippen molar-refractivity contribution in [3.05, 3.63) is 76.8 Å². The molecule has 0 fully saturated rings. The largest absolute Gasteiger partial charge is 0.496 e. The van der Waals surface area contributed by atoms with Crippen LogP contribution in [0, 0.1) is 0 Å². The number of methoxy groups -OCH3 is 1. The number of amides is 2. The van der Waals surface area contributed by atoms with E-state index in [0.717, 1.165) is 11.1 Å². The topological polar surface area (TPSA) is 119 Å². The van der Waals surface area contributed by atoms with E-state index in [1.807, 2.05) is 18.2 Å². The smallest absolute Gasteiger partial charge is 0.349 e. The summed E-state index contributed by atoms with van der Waals surface area (Å²) in [6.45, 7) is 2.52. The molecule has 1 atom stereocenters. The summed E-state index contributed by atoms with van der Waals surface area (Å²) in [6, 6.07) is 16.2. The average molecular weight is 565 g/mol. The number of hydrogen-bond donors (Lipinski definition) is 1. The van der Waals surface area contributed by atoms with Crippen molar-refractivity contribution < 1.29 is 31.1 Å². The lowest BCUT2D eigenvalue weighted by Crippen LogP contribution is -2.45. The summed E-state index contributed by atoms with van der Waals surface area (Å²) >= 11 is 6.24. The number of hydrogen-bond acceptors (Lipinski definition) is 7. The van der Waals surface area contributed by atoms with Gasteiger partial charge in [-0.05, 0) is 61.4 Å². The molecule has 1 aliphatic rings. The summed E-state index contributed by atoms with van der Waals surface area (Å²) in [7, 11) is -7.25. The number of fused-ring (bicyclic) bond motifs is 3. The molecule has 0 aliphatic carbocycles.